The molecule has 0 saturated heterocycles. The number of benzene rings is 2. The van der Waals surface area contributed by atoms with Gasteiger partial charge in [-0.15, -0.1) is 0 Å². The van der Waals surface area contributed by atoms with Crippen LogP contribution in [0.3, 0.4) is 0 Å². The van der Waals surface area contributed by atoms with E-state index in [1.807, 2.05) is 38.1 Å². The van der Waals surface area contributed by atoms with Gasteiger partial charge in [-0.1, -0.05) is 12.1 Å². The Hall–Kier alpha value is -2.72. The molecule has 0 spiro atoms. The maximum Gasteiger partial charge on any atom is 0.306 e. The zero-order valence-electron chi connectivity index (χ0n) is 18.1. The summed E-state index contributed by atoms with van der Waals surface area (Å²) in [4.78, 5) is 0. The van der Waals surface area contributed by atoms with Crippen molar-refractivity contribution in [2.75, 3.05) is 19.1 Å². The third-order valence-corrected chi connectivity index (χ3v) is 6.05. The molecule has 0 aromatic heterocycles. The molecule has 2 aliphatic rings. The molecule has 10 heteroatoms. The molecule has 0 unspecified atom stereocenters. The highest BCUT2D eigenvalue weighted by molar-refractivity contribution is 7.86. The zero-order chi connectivity index (χ0) is 23.3. The fraction of sp³-hybridized carbons (Fsp3) is 0.364. The molecule has 2 heterocycles. The summed E-state index contributed by atoms with van der Waals surface area (Å²) in [5.74, 6) is 1.25. The lowest BCUT2D eigenvalue weighted by Gasteiger charge is -2.32. The highest BCUT2D eigenvalue weighted by Crippen LogP contribution is 2.44. The number of hydrogen-bond acceptors (Lipinski definition) is 8. The fourth-order valence-corrected chi connectivity index (χ4v) is 4.75. The minimum atomic E-state index is -3.85. The molecule has 1 atom stereocenters. The van der Waals surface area contributed by atoms with Crippen LogP contribution >= 0.6 is 0 Å². The summed E-state index contributed by atoms with van der Waals surface area (Å²) in [6.07, 6.45) is 6.38. The van der Waals surface area contributed by atoms with Gasteiger partial charge < -0.3 is 17.8 Å². The predicted octanol–water partition coefficient (Wildman–Crippen LogP) is 3.27. The first-order valence-electron chi connectivity index (χ1n) is 9.89. The van der Waals surface area contributed by atoms with Gasteiger partial charge in [-0.2, -0.15) is 16.8 Å². The van der Waals surface area contributed by atoms with Crippen LogP contribution in [-0.4, -0.2) is 41.6 Å². The SMILES string of the molecule is CC1(C)C=Cc2c(ccc3c2OC[C@@H](c2ccc(OS(C)(=O)=O)cc2OS(C)(=O)=O)C3)O1. The van der Waals surface area contributed by atoms with E-state index >= 15 is 0 Å². The summed E-state index contributed by atoms with van der Waals surface area (Å²) in [6.45, 7) is 4.24. The average Bonchev–Trinajstić information content (AvgIpc) is 2.64. The molecule has 0 N–H and O–H groups in total. The van der Waals surface area contributed by atoms with Crippen LogP contribution < -0.4 is 17.8 Å². The summed E-state index contributed by atoms with van der Waals surface area (Å²) in [5.41, 5.74) is 2.01. The van der Waals surface area contributed by atoms with Crippen LogP contribution in [0.15, 0.2) is 36.4 Å². The summed E-state index contributed by atoms with van der Waals surface area (Å²) < 4.78 is 68.7. The van der Waals surface area contributed by atoms with Crippen molar-refractivity contribution < 1.29 is 34.7 Å². The van der Waals surface area contributed by atoms with E-state index in [2.05, 4.69) is 0 Å². The Labute approximate surface area is 188 Å². The van der Waals surface area contributed by atoms with Gasteiger partial charge in [0.05, 0.1) is 24.7 Å². The number of fused-ring (bicyclic) bond motifs is 3. The van der Waals surface area contributed by atoms with Crippen molar-refractivity contribution in [2.45, 2.75) is 31.8 Å². The molecule has 0 bridgehead atoms. The molecule has 2 aliphatic heterocycles. The Balaban J connectivity index is 1.68. The molecule has 0 amide bonds. The smallest absolute Gasteiger partial charge is 0.306 e. The van der Waals surface area contributed by atoms with Crippen LogP contribution in [0.5, 0.6) is 23.0 Å². The van der Waals surface area contributed by atoms with E-state index in [0.717, 1.165) is 35.1 Å². The van der Waals surface area contributed by atoms with E-state index in [1.54, 1.807) is 6.07 Å². The number of hydrogen-bond donors (Lipinski definition) is 0. The maximum atomic E-state index is 11.8. The summed E-state index contributed by atoms with van der Waals surface area (Å²) in [7, 11) is -7.63. The topological polar surface area (TPSA) is 105 Å². The average molecular weight is 481 g/mol. The van der Waals surface area contributed by atoms with Gasteiger partial charge in [0, 0.05) is 17.5 Å². The van der Waals surface area contributed by atoms with Gasteiger partial charge in [0.25, 0.3) is 0 Å². The van der Waals surface area contributed by atoms with E-state index in [4.69, 9.17) is 17.8 Å². The normalized spacial score (nSPS) is 19.2. The summed E-state index contributed by atoms with van der Waals surface area (Å²) in [5, 5.41) is 0. The van der Waals surface area contributed by atoms with Crippen LogP contribution in [-0.2, 0) is 26.7 Å². The summed E-state index contributed by atoms with van der Waals surface area (Å²) >= 11 is 0. The maximum absolute atomic E-state index is 11.8. The highest BCUT2D eigenvalue weighted by atomic mass is 32.2. The molecule has 0 saturated carbocycles. The van der Waals surface area contributed by atoms with Crippen molar-refractivity contribution >= 4 is 26.3 Å². The second-order valence-corrected chi connectivity index (χ2v) is 11.6. The third kappa shape index (κ3) is 5.02. The minimum absolute atomic E-state index is 0.00800. The van der Waals surface area contributed by atoms with Crippen LogP contribution in [0.2, 0.25) is 0 Å². The Morgan fingerprint density at radius 1 is 1.00 bits per heavy atom. The lowest BCUT2D eigenvalue weighted by Crippen LogP contribution is -2.28. The molecule has 8 nitrogen and oxygen atoms in total. The lowest BCUT2D eigenvalue weighted by atomic mass is 9.88. The van der Waals surface area contributed by atoms with Gasteiger partial charge in [-0.05, 0) is 50.1 Å². The molecule has 0 fully saturated rings. The van der Waals surface area contributed by atoms with Gasteiger partial charge in [0.1, 0.15) is 28.6 Å². The van der Waals surface area contributed by atoms with E-state index in [0.29, 0.717) is 12.0 Å². The molecule has 172 valence electrons. The van der Waals surface area contributed by atoms with Gasteiger partial charge in [0.15, 0.2) is 0 Å². The molecule has 0 aliphatic carbocycles. The molecule has 2 aromatic carbocycles. The van der Waals surface area contributed by atoms with Gasteiger partial charge in [-0.25, -0.2) is 0 Å². The van der Waals surface area contributed by atoms with Crippen LogP contribution in [0.25, 0.3) is 6.08 Å². The quantitative estimate of drug-likeness (QED) is 0.601. The molecule has 0 radical (unpaired) electrons. The van der Waals surface area contributed by atoms with E-state index in [9.17, 15) is 16.8 Å². The Morgan fingerprint density at radius 3 is 2.41 bits per heavy atom. The van der Waals surface area contributed by atoms with Crippen LogP contribution in [0.4, 0.5) is 0 Å². The van der Waals surface area contributed by atoms with Crippen LogP contribution in [0.1, 0.15) is 36.5 Å². The van der Waals surface area contributed by atoms with Crippen molar-refractivity contribution in [3.63, 3.8) is 0 Å². The fourth-order valence-electron chi connectivity index (χ4n) is 3.83. The standard InChI is InChI=1S/C22H24O8S2/c1-22(2)10-9-18-19(28-22)8-5-14-11-15(13-27-21(14)18)17-7-6-16(29-31(3,23)24)12-20(17)30-32(4,25)26/h5-10,12,15H,11,13H2,1-4H3/t15-/m0/s1. The van der Waals surface area contributed by atoms with Crippen molar-refractivity contribution in [1.29, 1.82) is 0 Å². The number of ether oxygens (including phenoxy) is 2. The van der Waals surface area contributed by atoms with Crippen molar-refractivity contribution in [2.24, 2.45) is 0 Å². The first-order valence-corrected chi connectivity index (χ1v) is 13.5. The van der Waals surface area contributed by atoms with Crippen molar-refractivity contribution in [1.82, 2.24) is 0 Å². The first-order chi connectivity index (χ1) is 14.8. The molecule has 2 aromatic rings. The largest absolute Gasteiger partial charge is 0.492 e. The van der Waals surface area contributed by atoms with Gasteiger partial charge >= 0.3 is 20.2 Å². The minimum Gasteiger partial charge on any atom is -0.492 e. The number of rotatable bonds is 5. The molecular weight excluding hydrogens is 456 g/mol. The van der Waals surface area contributed by atoms with E-state index in [1.165, 1.54) is 12.1 Å². The highest BCUT2D eigenvalue weighted by Gasteiger charge is 2.30. The zero-order valence-corrected chi connectivity index (χ0v) is 19.7. The predicted molar refractivity (Wildman–Crippen MR) is 120 cm³/mol. The van der Waals surface area contributed by atoms with E-state index < -0.39 is 25.8 Å². The molecular formula is C22H24O8S2. The second kappa shape index (κ2) is 7.70. The Bertz CT molecular complexity index is 1310. The van der Waals surface area contributed by atoms with E-state index in [-0.39, 0.29) is 24.0 Å². The summed E-state index contributed by atoms with van der Waals surface area (Å²) in [6, 6.07) is 8.17. The molecule has 4 rings (SSSR count). The van der Waals surface area contributed by atoms with Gasteiger partial charge in [0.2, 0.25) is 0 Å². The first kappa shape index (κ1) is 22.5. The lowest BCUT2D eigenvalue weighted by molar-refractivity contribution is 0.157. The van der Waals surface area contributed by atoms with Crippen LogP contribution in [0, 0.1) is 0 Å². The molecule has 32 heavy (non-hydrogen) atoms. The third-order valence-electron chi connectivity index (χ3n) is 5.07. The Morgan fingerprint density at radius 2 is 1.72 bits per heavy atom. The van der Waals surface area contributed by atoms with Gasteiger partial charge in [-0.3, -0.25) is 0 Å². The van der Waals surface area contributed by atoms with Crippen molar-refractivity contribution in [3.8, 4) is 23.0 Å². The van der Waals surface area contributed by atoms with Crippen molar-refractivity contribution in [3.05, 3.63) is 53.1 Å². The second-order valence-electron chi connectivity index (χ2n) is 8.49. The Kier molecular flexibility index (Phi) is 5.41. The monoisotopic (exact) mass is 480 g/mol.